The SMILES string of the molecule is CN1CCOc2cc(-c3cnc(N)c(-c4nnnn4-c4cccc(F)c4F)c3)ccc21. The predicted octanol–water partition coefficient (Wildman–Crippen LogP) is 3.08. The van der Waals surface area contributed by atoms with Gasteiger partial charge in [-0.15, -0.1) is 5.10 Å². The number of nitrogen functional groups attached to an aromatic ring is 1. The topological polar surface area (TPSA) is 95.0 Å². The largest absolute Gasteiger partial charge is 0.490 e. The van der Waals surface area contributed by atoms with Crippen LogP contribution >= 0.6 is 0 Å². The Morgan fingerprint density at radius 1 is 1.06 bits per heavy atom. The molecule has 0 fully saturated rings. The molecule has 2 aromatic heterocycles. The van der Waals surface area contributed by atoms with Crippen molar-refractivity contribution in [3.8, 4) is 34.0 Å². The molecule has 156 valence electrons. The van der Waals surface area contributed by atoms with Crippen LogP contribution in [0.1, 0.15) is 0 Å². The Hall–Kier alpha value is -4.08. The lowest BCUT2D eigenvalue weighted by Gasteiger charge is -2.28. The summed E-state index contributed by atoms with van der Waals surface area (Å²) in [6.45, 7) is 1.42. The van der Waals surface area contributed by atoms with E-state index in [0.717, 1.165) is 39.9 Å². The minimum atomic E-state index is -1.06. The number of rotatable bonds is 3. The molecule has 2 N–H and O–H groups in total. The molecule has 1 aliphatic heterocycles. The highest BCUT2D eigenvalue weighted by molar-refractivity contribution is 5.78. The minimum Gasteiger partial charge on any atom is -0.490 e. The van der Waals surface area contributed by atoms with E-state index >= 15 is 0 Å². The van der Waals surface area contributed by atoms with Crippen molar-refractivity contribution in [1.82, 2.24) is 25.2 Å². The lowest BCUT2D eigenvalue weighted by atomic mass is 10.0. The molecule has 0 bridgehead atoms. The van der Waals surface area contributed by atoms with Gasteiger partial charge in [0.1, 0.15) is 23.9 Å². The Morgan fingerprint density at radius 2 is 1.94 bits per heavy atom. The Bertz CT molecular complexity index is 1290. The van der Waals surface area contributed by atoms with Crippen molar-refractivity contribution >= 4 is 11.5 Å². The molecule has 8 nitrogen and oxygen atoms in total. The van der Waals surface area contributed by atoms with Crippen LogP contribution in [0.25, 0.3) is 28.2 Å². The first-order valence-corrected chi connectivity index (χ1v) is 9.50. The summed E-state index contributed by atoms with van der Waals surface area (Å²) in [5.74, 6) is -0.986. The molecule has 10 heteroatoms. The predicted molar refractivity (Wildman–Crippen MR) is 111 cm³/mol. The van der Waals surface area contributed by atoms with Gasteiger partial charge in [0, 0.05) is 18.8 Å². The van der Waals surface area contributed by atoms with E-state index in [4.69, 9.17) is 10.5 Å². The number of aromatic nitrogens is 5. The van der Waals surface area contributed by atoms with Gasteiger partial charge in [0.2, 0.25) is 0 Å². The summed E-state index contributed by atoms with van der Waals surface area (Å²) in [4.78, 5) is 6.39. The van der Waals surface area contributed by atoms with Crippen molar-refractivity contribution in [1.29, 1.82) is 0 Å². The van der Waals surface area contributed by atoms with Crippen LogP contribution in [0, 0.1) is 11.6 Å². The van der Waals surface area contributed by atoms with Gasteiger partial charge in [0.25, 0.3) is 0 Å². The lowest BCUT2D eigenvalue weighted by Crippen LogP contribution is -2.28. The number of likely N-dealkylation sites (N-methyl/N-ethyl adjacent to an activating group) is 1. The second-order valence-corrected chi connectivity index (χ2v) is 7.10. The van der Waals surface area contributed by atoms with Crippen LogP contribution in [-0.4, -0.2) is 45.4 Å². The average Bonchev–Trinajstić information content (AvgIpc) is 3.25. The molecule has 0 saturated carbocycles. The first-order valence-electron chi connectivity index (χ1n) is 9.50. The zero-order valence-electron chi connectivity index (χ0n) is 16.5. The zero-order valence-corrected chi connectivity index (χ0v) is 16.5. The maximum Gasteiger partial charge on any atom is 0.190 e. The van der Waals surface area contributed by atoms with E-state index in [1.807, 2.05) is 25.2 Å². The summed E-state index contributed by atoms with van der Waals surface area (Å²) in [6, 6.07) is 11.4. The van der Waals surface area contributed by atoms with Gasteiger partial charge in [0.15, 0.2) is 17.5 Å². The number of fused-ring (bicyclic) bond motifs is 1. The van der Waals surface area contributed by atoms with E-state index < -0.39 is 11.6 Å². The average molecular weight is 421 g/mol. The zero-order chi connectivity index (χ0) is 21.5. The number of benzene rings is 2. The second-order valence-electron chi connectivity index (χ2n) is 7.10. The third-order valence-electron chi connectivity index (χ3n) is 5.18. The van der Waals surface area contributed by atoms with E-state index in [0.29, 0.717) is 12.2 Å². The molecule has 0 aliphatic carbocycles. The molecule has 1 aliphatic rings. The standard InChI is InChI=1S/C21H17F2N7O/c1-29-7-8-31-18-10-12(5-6-16(18)29)13-9-14(20(24)25-11-13)21-26-27-28-30(21)17-4-2-3-15(22)19(17)23/h2-6,9-11H,7-8H2,1H3,(H2,24,25). The maximum absolute atomic E-state index is 14.3. The Morgan fingerprint density at radius 3 is 2.81 bits per heavy atom. The summed E-state index contributed by atoms with van der Waals surface area (Å²) in [6.07, 6.45) is 1.63. The molecule has 0 radical (unpaired) electrons. The van der Waals surface area contributed by atoms with Crippen LogP contribution in [0.5, 0.6) is 5.75 Å². The summed E-state index contributed by atoms with van der Waals surface area (Å²) in [7, 11) is 2.01. The Balaban J connectivity index is 1.60. The number of halogens is 2. The van der Waals surface area contributed by atoms with Crippen LogP contribution in [0.3, 0.4) is 0 Å². The van der Waals surface area contributed by atoms with E-state index in [2.05, 4.69) is 25.4 Å². The van der Waals surface area contributed by atoms with Crippen molar-refractivity contribution in [2.75, 3.05) is 30.8 Å². The van der Waals surface area contributed by atoms with Crippen molar-refractivity contribution in [2.45, 2.75) is 0 Å². The number of hydrogen-bond acceptors (Lipinski definition) is 7. The Kier molecular flexibility index (Phi) is 4.46. The van der Waals surface area contributed by atoms with Gasteiger partial charge in [-0.05, 0) is 46.3 Å². The van der Waals surface area contributed by atoms with Gasteiger partial charge in [-0.2, -0.15) is 4.68 Å². The third-order valence-corrected chi connectivity index (χ3v) is 5.18. The number of nitrogens with two attached hydrogens (primary N) is 1. The molecule has 31 heavy (non-hydrogen) atoms. The van der Waals surface area contributed by atoms with Crippen molar-refractivity contribution in [2.24, 2.45) is 0 Å². The lowest BCUT2D eigenvalue weighted by molar-refractivity contribution is 0.311. The van der Waals surface area contributed by atoms with Crippen LogP contribution in [0.2, 0.25) is 0 Å². The minimum absolute atomic E-state index is 0.130. The van der Waals surface area contributed by atoms with Crippen LogP contribution in [0.4, 0.5) is 20.3 Å². The van der Waals surface area contributed by atoms with Crippen molar-refractivity contribution in [3.05, 3.63) is 60.3 Å². The quantitative estimate of drug-likeness (QED) is 0.543. The molecular formula is C21H17F2N7O. The second kappa shape index (κ2) is 7.31. The summed E-state index contributed by atoms with van der Waals surface area (Å²) in [5.41, 5.74) is 8.96. The number of nitrogens with zero attached hydrogens (tertiary/aromatic N) is 6. The molecule has 0 amide bonds. The molecule has 4 aromatic rings. The number of tetrazole rings is 1. The van der Waals surface area contributed by atoms with Gasteiger partial charge in [0.05, 0.1) is 17.8 Å². The van der Waals surface area contributed by atoms with Crippen LogP contribution in [0.15, 0.2) is 48.7 Å². The van der Waals surface area contributed by atoms with E-state index in [1.54, 1.807) is 12.3 Å². The summed E-state index contributed by atoms with van der Waals surface area (Å²) >= 11 is 0. The number of hydrogen-bond donors (Lipinski definition) is 1. The van der Waals surface area contributed by atoms with Crippen molar-refractivity contribution < 1.29 is 13.5 Å². The van der Waals surface area contributed by atoms with Crippen LogP contribution in [-0.2, 0) is 0 Å². The van der Waals surface area contributed by atoms with Gasteiger partial charge in [-0.1, -0.05) is 12.1 Å². The maximum atomic E-state index is 14.3. The molecule has 3 heterocycles. The highest BCUT2D eigenvalue weighted by Crippen LogP contribution is 2.36. The Labute approximate surface area is 175 Å². The fourth-order valence-corrected chi connectivity index (χ4v) is 3.52. The molecule has 0 atom stereocenters. The molecular weight excluding hydrogens is 404 g/mol. The highest BCUT2D eigenvalue weighted by Gasteiger charge is 2.20. The number of ether oxygens (including phenoxy) is 1. The third kappa shape index (κ3) is 3.21. The van der Waals surface area contributed by atoms with E-state index in [-0.39, 0.29) is 17.3 Å². The number of pyridine rings is 1. The fraction of sp³-hybridized carbons (Fsp3) is 0.143. The van der Waals surface area contributed by atoms with Gasteiger partial charge in [-0.25, -0.2) is 13.8 Å². The smallest absolute Gasteiger partial charge is 0.190 e. The molecule has 0 unspecified atom stereocenters. The monoisotopic (exact) mass is 421 g/mol. The highest BCUT2D eigenvalue weighted by atomic mass is 19.2. The normalized spacial score (nSPS) is 13.1. The first-order chi connectivity index (χ1) is 15.0. The van der Waals surface area contributed by atoms with E-state index in [9.17, 15) is 8.78 Å². The van der Waals surface area contributed by atoms with Gasteiger partial charge in [-0.3, -0.25) is 0 Å². The molecule has 2 aromatic carbocycles. The van der Waals surface area contributed by atoms with E-state index in [1.165, 1.54) is 12.1 Å². The first kappa shape index (κ1) is 18.9. The van der Waals surface area contributed by atoms with Gasteiger partial charge < -0.3 is 15.4 Å². The molecule has 5 rings (SSSR count). The molecule has 0 saturated heterocycles. The fourth-order valence-electron chi connectivity index (χ4n) is 3.52. The number of anilines is 2. The summed E-state index contributed by atoms with van der Waals surface area (Å²) < 4.78 is 34.9. The van der Waals surface area contributed by atoms with Crippen molar-refractivity contribution in [3.63, 3.8) is 0 Å². The van der Waals surface area contributed by atoms with Crippen LogP contribution < -0.4 is 15.4 Å². The molecule has 0 spiro atoms. The summed E-state index contributed by atoms with van der Waals surface area (Å²) in [5, 5.41) is 11.4. The van der Waals surface area contributed by atoms with Gasteiger partial charge >= 0.3 is 0 Å².